The Hall–Kier alpha value is -4.94. The van der Waals surface area contributed by atoms with E-state index in [9.17, 15) is 19.6 Å². The molecule has 8 nitrogen and oxygen atoms in total. The van der Waals surface area contributed by atoms with E-state index in [0.717, 1.165) is 16.9 Å². The van der Waals surface area contributed by atoms with Gasteiger partial charge in [-0.25, -0.2) is 9.59 Å². The van der Waals surface area contributed by atoms with Crippen LogP contribution in [-0.4, -0.2) is 29.6 Å². The maximum absolute atomic E-state index is 13.0. The van der Waals surface area contributed by atoms with Crippen molar-refractivity contribution in [3.05, 3.63) is 94.6 Å². The summed E-state index contributed by atoms with van der Waals surface area (Å²) >= 11 is 1.16. The fourth-order valence-electron chi connectivity index (χ4n) is 3.51. The number of rotatable bonds is 8. The molecule has 37 heavy (non-hydrogen) atoms. The van der Waals surface area contributed by atoms with Crippen molar-refractivity contribution in [1.29, 1.82) is 5.26 Å². The highest BCUT2D eigenvalue weighted by molar-refractivity contribution is 7.15. The molecule has 0 fully saturated rings. The summed E-state index contributed by atoms with van der Waals surface area (Å²) in [6, 6.07) is 20.5. The Morgan fingerprint density at radius 2 is 1.78 bits per heavy atom. The molecule has 0 aliphatic carbocycles. The van der Waals surface area contributed by atoms with Gasteiger partial charge in [-0.05, 0) is 36.8 Å². The number of carbonyl (C=O) groups excluding carboxylic acids is 2. The third kappa shape index (κ3) is 5.66. The number of carboxylic acid groups (broad SMARTS) is 1. The van der Waals surface area contributed by atoms with Crippen molar-refractivity contribution in [3.63, 3.8) is 0 Å². The first-order chi connectivity index (χ1) is 17.9. The summed E-state index contributed by atoms with van der Waals surface area (Å²) in [6.45, 7) is 1.86. The molecule has 0 saturated heterocycles. The molecule has 2 heterocycles. The summed E-state index contributed by atoms with van der Waals surface area (Å²) in [5, 5.41) is 23.3. The van der Waals surface area contributed by atoms with Crippen LogP contribution in [0.5, 0.6) is 0 Å². The van der Waals surface area contributed by atoms with Crippen LogP contribution in [0.1, 0.15) is 33.4 Å². The monoisotopic (exact) mass is 512 g/mol. The van der Waals surface area contributed by atoms with Gasteiger partial charge in [-0.1, -0.05) is 42.5 Å². The van der Waals surface area contributed by atoms with Gasteiger partial charge < -0.3 is 19.6 Å². The second-order valence-corrected chi connectivity index (χ2v) is 8.53. The average Bonchev–Trinajstić information content (AvgIpc) is 3.55. The minimum atomic E-state index is -1.04. The molecule has 0 aliphatic rings. The number of nitriles is 1. The summed E-state index contributed by atoms with van der Waals surface area (Å²) in [5.41, 5.74) is 2.17. The van der Waals surface area contributed by atoms with E-state index < -0.39 is 17.8 Å². The van der Waals surface area contributed by atoms with Crippen LogP contribution >= 0.6 is 11.3 Å². The Bertz CT molecular complexity index is 1520. The van der Waals surface area contributed by atoms with Crippen molar-refractivity contribution in [1.82, 2.24) is 0 Å². The summed E-state index contributed by atoms with van der Waals surface area (Å²) in [5.74, 6) is -1.63. The quantitative estimate of drug-likeness (QED) is 0.166. The molecule has 0 aliphatic heterocycles. The van der Waals surface area contributed by atoms with Crippen LogP contribution in [-0.2, 0) is 9.53 Å². The zero-order valence-corrected chi connectivity index (χ0v) is 20.4. The fraction of sp³-hybridized carbons (Fsp3) is 0.0714. The van der Waals surface area contributed by atoms with Crippen molar-refractivity contribution in [2.24, 2.45) is 0 Å². The molecule has 2 aromatic heterocycles. The molecule has 0 radical (unpaired) electrons. The van der Waals surface area contributed by atoms with Gasteiger partial charge >= 0.3 is 11.9 Å². The van der Waals surface area contributed by atoms with E-state index in [1.54, 1.807) is 36.6 Å². The molecule has 4 rings (SSSR count). The number of benzene rings is 2. The number of esters is 1. The average molecular weight is 513 g/mol. The Balaban J connectivity index is 1.59. The predicted molar refractivity (Wildman–Crippen MR) is 139 cm³/mol. The van der Waals surface area contributed by atoms with Crippen LogP contribution < -0.4 is 5.32 Å². The number of carbonyl (C=O) groups is 3. The molecular weight excluding hydrogens is 492 g/mol. The number of thiophene rings is 1. The van der Waals surface area contributed by atoms with Crippen molar-refractivity contribution < 1.29 is 28.6 Å². The second-order valence-electron chi connectivity index (χ2n) is 7.65. The number of furan rings is 1. The van der Waals surface area contributed by atoms with Crippen molar-refractivity contribution in [2.45, 2.75) is 6.92 Å². The molecule has 9 heteroatoms. The summed E-state index contributed by atoms with van der Waals surface area (Å²) in [7, 11) is 0. The number of amides is 1. The Morgan fingerprint density at radius 1 is 1.05 bits per heavy atom. The number of carboxylic acids is 1. The Morgan fingerprint density at radius 3 is 2.43 bits per heavy atom. The molecule has 4 aromatic rings. The molecule has 2 N–H and O–H groups in total. The van der Waals surface area contributed by atoms with Gasteiger partial charge in [-0.3, -0.25) is 4.79 Å². The smallest absolute Gasteiger partial charge is 0.341 e. The van der Waals surface area contributed by atoms with Crippen molar-refractivity contribution in [3.8, 4) is 28.5 Å². The van der Waals surface area contributed by atoms with Crippen LogP contribution in [0.3, 0.4) is 0 Å². The van der Waals surface area contributed by atoms with Gasteiger partial charge in [0.2, 0.25) is 0 Å². The molecular formula is C28H20N2O6S. The zero-order chi connectivity index (χ0) is 26.4. The predicted octanol–water partition coefficient (Wildman–Crippen LogP) is 6.10. The van der Waals surface area contributed by atoms with Crippen LogP contribution in [0.15, 0.2) is 82.1 Å². The molecule has 0 atom stereocenters. The number of anilines is 1. The lowest BCUT2D eigenvalue weighted by atomic mass is 10.0. The highest BCUT2D eigenvalue weighted by Crippen LogP contribution is 2.36. The van der Waals surface area contributed by atoms with Gasteiger partial charge in [0, 0.05) is 22.6 Å². The van der Waals surface area contributed by atoms with Crippen LogP contribution in [0.4, 0.5) is 5.00 Å². The highest BCUT2D eigenvalue weighted by Gasteiger charge is 2.24. The number of aromatic carboxylic acids is 1. The number of hydrogen-bond donors (Lipinski definition) is 2. The van der Waals surface area contributed by atoms with Gasteiger partial charge in [-0.15, -0.1) is 11.3 Å². The van der Waals surface area contributed by atoms with Crippen molar-refractivity contribution >= 4 is 40.3 Å². The minimum Gasteiger partial charge on any atom is -0.478 e. The lowest BCUT2D eigenvalue weighted by Crippen LogP contribution is -2.16. The number of ether oxygens (including phenoxy) is 1. The number of nitrogens with one attached hydrogen (secondary N) is 1. The first-order valence-corrected chi connectivity index (χ1v) is 12.0. The van der Waals surface area contributed by atoms with Gasteiger partial charge in [-0.2, -0.15) is 5.26 Å². The molecule has 184 valence electrons. The first-order valence-electron chi connectivity index (χ1n) is 11.1. The van der Waals surface area contributed by atoms with E-state index in [1.807, 2.05) is 36.4 Å². The maximum atomic E-state index is 13.0. The standard InChI is InChI=1S/C28H20N2O6S/c1-2-35-28(34)24-22(17-6-4-3-5-7-17)16-37-26(24)30-25(31)20(15-29)14-21-12-13-23(36-21)18-8-10-19(11-9-18)27(32)33/h3-14,16H,2H2,1H3,(H,30,31)(H,32,33)/b20-14+. The normalized spacial score (nSPS) is 11.0. The van der Waals surface area contributed by atoms with E-state index in [0.29, 0.717) is 16.9 Å². The lowest BCUT2D eigenvalue weighted by molar-refractivity contribution is -0.112. The number of hydrogen-bond acceptors (Lipinski definition) is 7. The van der Waals surface area contributed by atoms with Crippen molar-refractivity contribution in [2.75, 3.05) is 11.9 Å². The van der Waals surface area contributed by atoms with E-state index in [4.69, 9.17) is 14.3 Å². The maximum Gasteiger partial charge on any atom is 0.341 e. The summed E-state index contributed by atoms with van der Waals surface area (Å²) in [6.07, 6.45) is 1.29. The van der Waals surface area contributed by atoms with E-state index in [-0.39, 0.29) is 34.1 Å². The van der Waals surface area contributed by atoms with Gasteiger partial charge in [0.1, 0.15) is 33.7 Å². The van der Waals surface area contributed by atoms with E-state index in [2.05, 4.69) is 5.32 Å². The highest BCUT2D eigenvalue weighted by atomic mass is 32.1. The van der Waals surface area contributed by atoms with E-state index in [1.165, 1.54) is 18.2 Å². The van der Waals surface area contributed by atoms with Crippen LogP contribution in [0.25, 0.3) is 28.5 Å². The molecule has 0 bridgehead atoms. The fourth-order valence-corrected chi connectivity index (χ4v) is 4.46. The topological polar surface area (TPSA) is 130 Å². The van der Waals surface area contributed by atoms with Gasteiger partial charge in [0.15, 0.2) is 0 Å². The largest absolute Gasteiger partial charge is 0.478 e. The Labute approximate surface area is 216 Å². The third-order valence-corrected chi connectivity index (χ3v) is 6.17. The van der Waals surface area contributed by atoms with Crippen LogP contribution in [0, 0.1) is 11.3 Å². The van der Waals surface area contributed by atoms with Gasteiger partial charge in [0.05, 0.1) is 12.2 Å². The van der Waals surface area contributed by atoms with Crippen LogP contribution in [0.2, 0.25) is 0 Å². The number of nitrogens with zero attached hydrogens (tertiary/aromatic N) is 1. The third-order valence-electron chi connectivity index (χ3n) is 5.28. The Kier molecular flexibility index (Phi) is 7.62. The summed E-state index contributed by atoms with van der Waals surface area (Å²) < 4.78 is 10.9. The molecule has 1 amide bonds. The molecule has 2 aromatic carbocycles. The SMILES string of the molecule is CCOC(=O)c1c(-c2ccccc2)csc1NC(=O)/C(C#N)=C/c1ccc(-c2ccc(C(=O)O)cc2)o1. The lowest BCUT2D eigenvalue weighted by Gasteiger charge is -2.08. The molecule has 0 spiro atoms. The van der Waals surface area contributed by atoms with E-state index >= 15 is 0 Å². The molecule has 0 saturated carbocycles. The first kappa shape index (κ1) is 25.2. The second kappa shape index (κ2) is 11.2. The molecule has 0 unspecified atom stereocenters. The minimum absolute atomic E-state index is 0.144. The summed E-state index contributed by atoms with van der Waals surface area (Å²) in [4.78, 5) is 36.7. The van der Waals surface area contributed by atoms with Gasteiger partial charge in [0.25, 0.3) is 5.91 Å². The zero-order valence-electron chi connectivity index (χ0n) is 19.6.